The number of benzene rings is 1. The standard InChI is InChI=1S/C19H25N3O2S/c1-14(20)16-8-5-9-22(10-16)18(23)13-25-12-17-11-24-19(21-17)15-6-3-2-4-7-15/h2-4,6-7,11,14,16H,5,8-10,12-13,20H2,1H3/t14-,16-/m0/s1. The van der Waals surface area contributed by atoms with Gasteiger partial charge < -0.3 is 15.1 Å². The molecule has 1 aromatic heterocycles. The normalized spacial score (nSPS) is 19.0. The molecule has 0 unspecified atom stereocenters. The first-order chi connectivity index (χ1) is 12.1. The molecule has 0 saturated carbocycles. The van der Waals surface area contributed by atoms with Crippen molar-refractivity contribution in [2.45, 2.75) is 31.6 Å². The van der Waals surface area contributed by atoms with Crippen molar-refractivity contribution in [3.63, 3.8) is 0 Å². The van der Waals surface area contributed by atoms with Crippen molar-refractivity contribution < 1.29 is 9.21 Å². The second-order valence-electron chi connectivity index (χ2n) is 6.60. The molecule has 5 nitrogen and oxygen atoms in total. The van der Waals surface area contributed by atoms with E-state index in [0.29, 0.717) is 23.3 Å². The van der Waals surface area contributed by atoms with E-state index in [0.717, 1.165) is 37.2 Å². The monoisotopic (exact) mass is 359 g/mol. The van der Waals surface area contributed by atoms with Gasteiger partial charge >= 0.3 is 0 Å². The average molecular weight is 359 g/mol. The number of aromatic nitrogens is 1. The van der Waals surface area contributed by atoms with Gasteiger partial charge in [0.05, 0.1) is 11.4 Å². The minimum atomic E-state index is 0.148. The van der Waals surface area contributed by atoms with Crippen LogP contribution < -0.4 is 5.73 Å². The molecule has 6 heteroatoms. The summed E-state index contributed by atoms with van der Waals surface area (Å²) < 4.78 is 5.53. The molecule has 1 saturated heterocycles. The SMILES string of the molecule is C[C@H](N)[C@H]1CCCN(C(=O)CSCc2coc(-c3ccccc3)n2)C1. The Kier molecular flexibility index (Phi) is 6.15. The number of likely N-dealkylation sites (tertiary alicyclic amines) is 1. The third-order valence-electron chi connectivity index (χ3n) is 4.60. The summed E-state index contributed by atoms with van der Waals surface area (Å²) in [5, 5.41) is 0. The van der Waals surface area contributed by atoms with Crippen LogP contribution in [0.25, 0.3) is 11.5 Å². The Labute approximate surface area is 153 Å². The van der Waals surface area contributed by atoms with Crippen LogP contribution in [0.4, 0.5) is 0 Å². The third kappa shape index (κ3) is 4.86. The van der Waals surface area contributed by atoms with Crippen molar-refractivity contribution in [2.24, 2.45) is 11.7 Å². The Morgan fingerprint density at radius 2 is 2.24 bits per heavy atom. The zero-order valence-electron chi connectivity index (χ0n) is 14.6. The van der Waals surface area contributed by atoms with Crippen LogP contribution in [0.15, 0.2) is 41.0 Å². The minimum absolute atomic E-state index is 0.148. The fourth-order valence-electron chi connectivity index (χ4n) is 3.09. The molecule has 1 aromatic carbocycles. The van der Waals surface area contributed by atoms with Crippen molar-refractivity contribution >= 4 is 17.7 Å². The number of piperidine rings is 1. The van der Waals surface area contributed by atoms with Crippen molar-refractivity contribution in [2.75, 3.05) is 18.8 Å². The summed E-state index contributed by atoms with van der Waals surface area (Å²) in [7, 11) is 0. The molecule has 2 aromatic rings. The molecule has 134 valence electrons. The van der Waals surface area contributed by atoms with Gasteiger partial charge in [-0.3, -0.25) is 4.79 Å². The zero-order chi connectivity index (χ0) is 17.6. The predicted molar refractivity (Wildman–Crippen MR) is 101 cm³/mol. The third-order valence-corrected chi connectivity index (χ3v) is 5.55. The van der Waals surface area contributed by atoms with Gasteiger partial charge in [0.1, 0.15) is 6.26 Å². The number of oxazole rings is 1. The number of hydrogen-bond acceptors (Lipinski definition) is 5. The number of amides is 1. The molecule has 1 amide bonds. The fourth-order valence-corrected chi connectivity index (χ4v) is 3.89. The Morgan fingerprint density at radius 1 is 1.44 bits per heavy atom. The Balaban J connectivity index is 1.47. The van der Waals surface area contributed by atoms with Gasteiger partial charge in [0.25, 0.3) is 0 Å². The number of rotatable bonds is 6. The molecule has 1 fully saturated rings. The van der Waals surface area contributed by atoms with Gasteiger partial charge in [-0.25, -0.2) is 4.98 Å². The number of carbonyl (C=O) groups is 1. The highest BCUT2D eigenvalue weighted by molar-refractivity contribution is 7.99. The van der Waals surface area contributed by atoms with Crippen molar-refractivity contribution in [1.29, 1.82) is 0 Å². The van der Waals surface area contributed by atoms with Gasteiger partial charge in [0.15, 0.2) is 0 Å². The predicted octanol–water partition coefficient (Wildman–Crippen LogP) is 3.16. The highest BCUT2D eigenvalue weighted by atomic mass is 32.2. The Hall–Kier alpha value is -1.79. The summed E-state index contributed by atoms with van der Waals surface area (Å²) in [6.45, 7) is 3.67. The second kappa shape index (κ2) is 8.54. The van der Waals surface area contributed by atoms with Gasteiger partial charge in [0, 0.05) is 30.4 Å². The zero-order valence-corrected chi connectivity index (χ0v) is 15.4. The number of thioether (sulfide) groups is 1. The molecule has 1 aliphatic heterocycles. The summed E-state index contributed by atoms with van der Waals surface area (Å²) in [6.07, 6.45) is 3.84. The molecular formula is C19H25N3O2S. The van der Waals surface area contributed by atoms with E-state index >= 15 is 0 Å². The first-order valence-corrected chi connectivity index (χ1v) is 9.90. The summed E-state index contributed by atoms with van der Waals surface area (Å²) >= 11 is 1.58. The van der Waals surface area contributed by atoms with Crippen LogP contribution in [0.5, 0.6) is 0 Å². The molecule has 3 rings (SSSR count). The van der Waals surface area contributed by atoms with Crippen LogP contribution in [0.3, 0.4) is 0 Å². The molecule has 0 spiro atoms. The van der Waals surface area contributed by atoms with Gasteiger partial charge in [-0.1, -0.05) is 18.2 Å². The van der Waals surface area contributed by atoms with Crippen LogP contribution in [-0.2, 0) is 10.5 Å². The average Bonchev–Trinajstić information content (AvgIpc) is 3.11. The van der Waals surface area contributed by atoms with E-state index in [9.17, 15) is 4.79 Å². The number of carbonyl (C=O) groups excluding carboxylic acids is 1. The summed E-state index contributed by atoms with van der Waals surface area (Å²) in [4.78, 5) is 18.9. The summed E-state index contributed by atoms with van der Waals surface area (Å²) in [5.41, 5.74) is 7.82. The largest absolute Gasteiger partial charge is 0.444 e. The Morgan fingerprint density at radius 3 is 3.00 bits per heavy atom. The molecule has 0 radical (unpaired) electrons. The summed E-state index contributed by atoms with van der Waals surface area (Å²) in [5.74, 6) is 2.39. The van der Waals surface area contributed by atoms with Gasteiger partial charge in [-0.05, 0) is 37.8 Å². The highest BCUT2D eigenvalue weighted by Crippen LogP contribution is 2.22. The molecule has 2 atom stereocenters. The summed E-state index contributed by atoms with van der Waals surface area (Å²) in [6, 6.07) is 9.97. The molecule has 2 N–H and O–H groups in total. The lowest BCUT2D eigenvalue weighted by Crippen LogP contribution is -2.45. The van der Waals surface area contributed by atoms with Gasteiger partial charge in [-0.2, -0.15) is 0 Å². The molecule has 0 aliphatic carbocycles. The molecular weight excluding hydrogens is 334 g/mol. The lowest BCUT2D eigenvalue weighted by atomic mass is 9.92. The minimum Gasteiger partial charge on any atom is -0.444 e. The van der Waals surface area contributed by atoms with Crippen molar-refractivity contribution in [3.8, 4) is 11.5 Å². The second-order valence-corrected chi connectivity index (χ2v) is 7.59. The van der Waals surface area contributed by atoms with Gasteiger partial charge in [0.2, 0.25) is 11.8 Å². The topological polar surface area (TPSA) is 72.4 Å². The van der Waals surface area contributed by atoms with E-state index < -0.39 is 0 Å². The van der Waals surface area contributed by atoms with E-state index in [2.05, 4.69) is 4.98 Å². The maximum Gasteiger partial charge on any atom is 0.232 e. The number of nitrogens with two attached hydrogens (primary N) is 1. The lowest BCUT2D eigenvalue weighted by Gasteiger charge is -2.34. The number of hydrogen-bond donors (Lipinski definition) is 1. The van der Waals surface area contributed by atoms with E-state index in [-0.39, 0.29) is 11.9 Å². The van der Waals surface area contributed by atoms with Crippen molar-refractivity contribution in [3.05, 3.63) is 42.3 Å². The fraction of sp³-hybridized carbons (Fsp3) is 0.474. The quantitative estimate of drug-likeness (QED) is 0.858. The molecule has 25 heavy (non-hydrogen) atoms. The van der Waals surface area contributed by atoms with E-state index in [1.807, 2.05) is 42.2 Å². The van der Waals surface area contributed by atoms with Gasteiger partial charge in [-0.15, -0.1) is 11.8 Å². The van der Waals surface area contributed by atoms with Crippen LogP contribution in [0.2, 0.25) is 0 Å². The first-order valence-electron chi connectivity index (χ1n) is 8.74. The maximum atomic E-state index is 12.4. The Bertz CT molecular complexity index is 687. The lowest BCUT2D eigenvalue weighted by molar-refractivity contribution is -0.130. The highest BCUT2D eigenvalue weighted by Gasteiger charge is 2.25. The van der Waals surface area contributed by atoms with Crippen LogP contribution >= 0.6 is 11.8 Å². The van der Waals surface area contributed by atoms with Crippen LogP contribution in [0, 0.1) is 5.92 Å². The van der Waals surface area contributed by atoms with Crippen LogP contribution in [0.1, 0.15) is 25.5 Å². The first kappa shape index (κ1) is 18.0. The van der Waals surface area contributed by atoms with E-state index in [4.69, 9.17) is 10.2 Å². The van der Waals surface area contributed by atoms with E-state index in [1.54, 1.807) is 18.0 Å². The maximum absolute atomic E-state index is 12.4. The van der Waals surface area contributed by atoms with Crippen LogP contribution in [-0.4, -0.2) is 40.7 Å². The molecule has 1 aliphatic rings. The smallest absolute Gasteiger partial charge is 0.232 e. The number of nitrogens with zero attached hydrogens (tertiary/aromatic N) is 2. The molecule has 0 bridgehead atoms. The van der Waals surface area contributed by atoms with E-state index in [1.165, 1.54) is 0 Å². The molecule has 2 heterocycles. The van der Waals surface area contributed by atoms with Crippen molar-refractivity contribution in [1.82, 2.24) is 9.88 Å².